The number of esters is 1. The Morgan fingerprint density at radius 3 is 2.48 bits per heavy atom. The number of aryl methyl sites for hydroxylation is 2. The Balaban J connectivity index is 1.79. The lowest BCUT2D eigenvalue weighted by molar-refractivity contribution is 0.0450. The summed E-state index contributed by atoms with van der Waals surface area (Å²) in [5.41, 5.74) is 2.63. The van der Waals surface area contributed by atoms with E-state index >= 15 is 0 Å². The third kappa shape index (κ3) is 4.76. The van der Waals surface area contributed by atoms with Crippen molar-refractivity contribution in [1.82, 2.24) is 4.98 Å². The molecule has 5 heteroatoms. The fourth-order valence-corrected chi connectivity index (χ4v) is 2.00. The summed E-state index contributed by atoms with van der Waals surface area (Å²) in [6, 6.07) is 9.07. The SMILES string of the molecule is Cc1cc(C)cc(OCCOC(=O)c2ccc(Cl)nc2)c1. The van der Waals surface area contributed by atoms with Gasteiger partial charge in [0, 0.05) is 6.20 Å². The maximum Gasteiger partial charge on any atom is 0.339 e. The van der Waals surface area contributed by atoms with Crippen LogP contribution in [0.25, 0.3) is 0 Å². The molecule has 0 spiro atoms. The quantitative estimate of drug-likeness (QED) is 0.481. The molecule has 0 amide bonds. The molecular weight excluding hydrogens is 290 g/mol. The number of ether oxygens (including phenoxy) is 2. The van der Waals surface area contributed by atoms with E-state index < -0.39 is 5.97 Å². The fraction of sp³-hybridized carbons (Fsp3) is 0.250. The summed E-state index contributed by atoms with van der Waals surface area (Å²) in [5, 5.41) is 0.338. The van der Waals surface area contributed by atoms with Crippen LogP contribution in [0.1, 0.15) is 21.5 Å². The first-order chi connectivity index (χ1) is 10.0. The van der Waals surface area contributed by atoms with E-state index in [4.69, 9.17) is 21.1 Å². The van der Waals surface area contributed by atoms with Gasteiger partial charge in [-0.2, -0.15) is 0 Å². The molecule has 0 aliphatic carbocycles. The highest BCUT2D eigenvalue weighted by molar-refractivity contribution is 6.29. The van der Waals surface area contributed by atoms with Gasteiger partial charge in [0.1, 0.15) is 24.1 Å². The summed E-state index contributed by atoms with van der Waals surface area (Å²) >= 11 is 5.65. The minimum Gasteiger partial charge on any atom is -0.490 e. The van der Waals surface area contributed by atoms with Gasteiger partial charge in [0.05, 0.1) is 5.56 Å². The minimum absolute atomic E-state index is 0.175. The van der Waals surface area contributed by atoms with Gasteiger partial charge in [-0.05, 0) is 49.2 Å². The molecule has 0 atom stereocenters. The second kappa shape index (κ2) is 7.09. The van der Waals surface area contributed by atoms with E-state index in [0.29, 0.717) is 17.3 Å². The summed E-state index contributed by atoms with van der Waals surface area (Å²) in [7, 11) is 0. The second-order valence-electron chi connectivity index (χ2n) is 4.68. The van der Waals surface area contributed by atoms with E-state index in [1.165, 1.54) is 6.20 Å². The summed E-state index contributed by atoms with van der Waals surface area (Å²) in [6.07, 6.45) is 1.38. The molecule has 0 aliphatic heterocycles. The standard InChI is InChI=1S/C16H16ClNO3/c1-11-7-12(2)9-14(8-11)20-5-6-21-16(19)13-3-4-15(17)18-10-13/h3-4,7-10H,5-6H2,1-2H3. The minimum atomic E-state index is -0.441. The number of carbonyl (C=O) groups excluding carboxylic acids is 1. The van der Waals surface area contributed by atoms with Crippen molar-refractivity contribution in [1.29, 1.82) is 0 Å². The molecule has 2 rings (SSSR count). The van der Waals surface area contributed by atoms with Crippen molar-refractivity contribution >= 4 is 17.6 Å². The van der Waals surface area contributed by atoms with E-state index in [1.807, 2.05) is 26.0 Å². The van der Waals surface area contributed by atoms with Crippen molar-refractivity contribution < 1.29 is 14.3 Å². The predicted molar refractivity (Wildman–Crippen MR) is 80.9 cm³/mol. The van der Waals surface area contributed by atoms with Gasteiger partial charge in [0.25, 0.3) is 0 Å². The highest BCUT2D eigenvalue weighted by atomic mass is 35.5. The maximum absolute atomic E-state index is 11.7. The summed E-state index contributed by atoms with van der Waals surface area (Å²) in [5.74, 6) is 0.333. The monoisotopic (exact) mass is 305 g/mol. The van der Waals surface area contributed by atoms with Crippen molar-refractivity contribution in [2.75, 3.05) is 13.2 Å². The van der Waals surface area contributed by atoms with E-state index in [1.54, 1.807) is 12.1 Å². The van der Waals surface area contributed by atoms with Gasteiger partial charge in [-0.15, -0.1) is 0 Å². The van der Waals surface area contributed by atoms with Gasteiger partial charge in [-0.3, -0.25) is 0 Å². The summed E-state index contributed by atoms with van der Waals surface area (Å²) < 4.78 is 10.7. The smallest absolute Gasteiger partial charge is 0.339 e. The molecule has 0 saturated heterocycles. The Labute approximate surface area is 128 Å². The second-order valence-corrected chi connectivity index (χ2v) is 5.06. The molecule has 0 fully saturated rings. The molecule has 1 aromatic heterocycles. The van der Waals surface area contributed by atoms with Crippen molar-refractivity contribution in [3.63, 3.8) is 0 Å². The average Bonchev–Trinajstić information content (AvgIpc) is 2.43. The number of nitrogens with zero attached hydrogens (tertiary/aromatic N) is 1. The highest BCUT2D eigenvalue weighted by Gasteiger charge is 2.07. The van der Waals surface area contributed by atoms with Crippen LogP contribution in [0.3, 0.4) is 0 Å². The van der Waals surface area contributed by atoms with Crippen LogP contribution in [0, 0.1) is 13.8 Å². The first kappa shape index (κ1) is 15.3. The zero-order valence-electron chi connectivity index (χ0n) is 11.9. The molecule has 0 radical (unpaired) electrons. The van der Waals surface area contributed by atoms with Gasteiger partial charge < -0.3 is 9.47 Å². The van der Waals surface area contributed by atoms with Crippen molar-refractivity contribution in [2.45, 2.75) is 13.8 Å². The van der Waals surface area contributed by atoms with Crippen LogP contribution < -0.4 is 4.74 Å². The largest absolute Gasteiger partial charge is 0.490 e. The number of pyridine rings is 1. The van der Waals surface area contributed by atoms with Crippen molar-refractivity contribution in [2.24, 2.45) is 0 Å². The third-order valence-corrected chi connectivity index (χ3v) is 2.97. The fourth-order valence-electron chi connectivity index (χ4n) is 1.89. The molecule has 110 valence electrons. The number of hydrogen-bond donors (Lipinski definition) is 0. The Morgan fingerprint density at radius 2 is 1.86 bits per heavy atom. The van der Waals surface area contributed by atoms with Crippen molar-refractivity contribution in [3.8, 4) is 5.75 Å². The van der Waals surface area contributed by atoms with Crippen LogP contribution >= 0.6 is 11.6 Å². The third-order valence-electron chi connectivity index (χ3n) is 2.74. The van der Waals surface area contributed by atoms with Gasteiger partial charge in [0.15, 0.2) is 0 Å². The summed E-state index contributed by atoms with van der Waals surface area (Å²) in [6.45, 7) is 4.49. The molecule has 2 aromatic rings. The Morgan fingerprint density at radius 1 is 1.14 bits per heavy atom. The number of benzene rings is 1. The molecule has 1 aromatic carbocycles. The van der Waals surface area contributed by atoms with Gasteiger partial charge in [0.2, 0.25) is 0 Å². The first-order valence-corrected chi connectivity index (χ1v) is 6.92. The normalized spacial score (nSPS) is 10.2. The van der Waals surface area contributed by atoms with Crippen LogP contribution in [-0.2, 0) is 4.74 Å². The van der Waals surface area contributed by atoms with Crippen LogP contribution in [0.5, 0.6) is 5.75 Å². The van der Waals surface area contributed by atoms with E-state index in [-0.39, 0.29) is 6.61 Å². The molecule has 0 bridgehead atoms. The first-order valence-electron chi connectivity index (χ1n) is 6.54. The van der Waals surface area contributed by atoms with Crippen molar-refractivity contribution in [3.05, 3.63) is 58.4 Å². The molecule has 0 saturated carbocycles. The van der Waals surface area contributed by atoms with Gasteiger partial charge in [-0.1, -0.05) is 17.7 Å². The predicted octanol–water partition coefficient (Wildman–Crippen LogP) is 3.59. The number of carbonyl (C=O) groups is 1. The zero-order chi connectivity index (χ0) is 15.2. The molecule has 4 nitrogen and oxygen atoms in total. The lowest BCUT2D eigenvalue weighted by Crippen LogP contribution is -2.12. The van der Waals surface area contributed by atoms with Crippen LogP contribution in [0.15, 0.2) is 36.5 Å². The molecule has 0 N–H and O–H groups in total. The number of hydrogen-bond acceptors (Lipinski definition) is 4. The lowest BCUT2D eigenvalue weighted by Gasteiger charge is -2.09. The molecule has 0 aliphatic rings. The number of rotatable bonds is 5. The van der Waals surface area contributed by atoms with Crippen LogP contribution in [-0.4, -0.2) is 24.2 Å². The highest BCUT2D eigenvalue weighted by Crippen LogP contribution is 2.16. The number of aromatic nitrogens is 1. The molecule has 0 unspecified atom stereocenters. The number of halogens is 1. The van der Waals surface area contributed by atoms with Gasteiger partial charge >= 0.3 is 5.97 Å². The maximum atomic E-state index is 11.7. The van der Waals surface area contributed by atoms with Crippen LogP contribution in [0.4, 0.5) is 0 Å². The van der Waals surface area contributed by atoms with Gasteiger partial charge in [-0.25, -0.2) is 9.78 Å². The Hall–Kier alpha value is -2.07. The topological polar surface area (TPSA) is 48.4 Å². The van der Waals surface area contributed by atoms with E-state index in [2.05, 4.69) is 11.1 Å². The van der Waals surface area contributed by atoms with Crippen LogP contribution in [0.2, 0.25) is 5.15 Å². The Bertz CT molecular complexity index is 606. The summed E-state index contributed by atoms with van der Waals surface area (Å²) in [4.78, 5) is 15.5. The Kier molecular flexibility index (Phi) is 5.17. The van der Waals surface area contributed by atoms with E-state index in [9.17, 15) is 4.79 Å². The molecular formula is C16H16ClNO3. The van der Waals surface area contributed by atoms with E-state index in [0.717, 1.165) is 16.9 Å². The average molecular weight is 306 g/mol. The molecule has 21 heavy (non-hydrogen) atoms. The zero-order valence-corrected chi connectivity index (χ0v) is 12.7. The molecule has 1 heterocycles. The lowest BCUT2D eigenvalue weighted by atomic mass is 10.1.